The molecule has 0 atom stereocenters. The van der Waals surface area contributed by atoms with Crippen LogP contribution >= 0.6 is 0 Å². The monoisotopic (exact) mass is 396 g/mol. The fourth-order valence-electron chi connectivity index (χ4n) is 3.55. The molecule has 0 spiro atoms. The molecule has 5 aromatic rings. The van der Waals surface area contributed by atoms with Gasteiger partial charge in [-0.05, 0) is 29.3 Å². The van der Waals surface area contributed by atoms with Gasteiger partial charge in [0.05, 0.1) is 10.4 Å². The van der Waals surface area contributed by atoms with Crippen molar-refractivity contribution in [1.29, 1.82) is 0 Å². The summed E-state index contributed by atoms with van der Waals surface area (Å²) in [6.07, 6.45) is 1.51. The third-order valence-electron chi connectivity index (χ3n) is 5.09. The second kappa shape index (κ2) is 6.93. The van der Waals surface area contributed by atoms with Gasteiger partial charge in [0.2, 0.25) is 0 Å². The first-order chi connectivity index (χ1) is 14.6. The van der Waals surface area contributed by atoms with Crippen LogP contribution in [0.4, 0.5) is 17.2 Å². The Bertz CT molecular complexity index is 1400. The molecular weight excluding hydrogens is 380 g/mol. The van der Waals surface area contributed by atoms with E-state index in [1.807, 2.05) is 42.3 Å². The van der Waals surface area contributed by atoms with Crippen LogP contribution in [0.2, 0.25) is 0 Å². The molecule has 3 aromatic carbocycles. The van der Waals surface area contributed by atoms with Gasteiger partial charge in [-0.25, -0.2) is 0 Å². The highest BCUT2D eigenvalue weighted by molar-refractivity contribution is 5.94. The van der Waals surface area contributed by atoms with Crippen LogP contribution in [0.15, 0.2) is 79.1 Å². The number of benzene rings is 3. The van der Waals surface area contributed by atoms with Crippen LogP contribution in [-0.4, -0.2) is 31.6 Å². The fourth-order valence-corrected chi connectivity index (χ4v) is 3.55. The maximum Gasteiger partial charge on any atom is 0.271 e. The van der Waals surface area contributed by atoms with Gasteiger partial charge in [-0.1, -0.05) is 42.5 Å². The number of non-ortho nitro benzene ring substituents is 1. The van der Waals surface area contributed by atoms with Gasteiger partial charge in [-0.15, -0.1) is 10.2 Å². The van der Waals surface area contributed by atoms with Crippen LogP contribution in [0.5, 0.6) is 0 Å². The molecule has 0 aliphatic rings. The average molecular weight is 396 g/mol. The minimum atomic E-state index is -0.414. The molecule has 0 aliphatic carbocycles. The van der Waals surface area contributed by atoms with E-state index in [-0.39, 0.29) is 5.69 Å². The van der Waals surface area contributed by atoms with Crippen molar-refractivity contribution < 1.29 is 4.92 Å². The number of aromatic nitrogens is 4. The van der Waals surface area contributed by atoms with Crippen molar-refractivity contribution in [3.05, 3.63) is 89.2 Å². The highest BCUT2D eigenvalue weighted by Gasteiger charge is 2.17. The standard InChI is InChI=1S/C22H16N6O2/c1-26(17-9-5-8-16(12-17)15-6-3-2-4-7-15)21-19-11-10-18(28(29)30)13-20(19)27-14-23-25-22(27)24-21/h2-14H,1H3. The molecule has 0 saturated heterocycles. The first kappa shape index (κ1) is 17.7. The van der Waals surface area contributed by atoms with Crippen molar-refractivity contribution in [3.8, 4) is 11.1 Å². The molecule has 0 radical (unpaired) electrons. The summed E-state index contributed by atoms with van der Waals surface area (Å²) >= 11 is 0. The van der Waals surface area contributed by atoms with E-state index in [2.05, 4.69) is 39.4 Å². The van der Waals surface area contributed by atoms with E-state index in [1.54, 1.807) is 10.5 Å². The van der Waals surface area contributed by atoms with Gasteiger partial charge in [-0.3, -0.25) is 14.5 Å². The minimum Gasteiger partial charge on any atom is -0.329 e. The predicted octanol–water partition coefficient (Wildman–Crippen LogP) is 4.62. The molecule has 5 rings (SSSR count). The van der Waals surface area contributed by atoms with Gasteiger partial charge in [0.25, 0.3) is 11.5 Å². The lowest BCUT2D eigenvalue weighted by molar-refractivity contribution is -0.384. The Morgan fingerprint density at radius 2 is 1.77 bits per heavy atom. The lowest BCUT2D eigenvalue weighted by Gasteiger charge is -2.21. The number of nitrogens with zero attached hydrogens (tertiary/aromatic N) is 6. The van der Waals surface area contributed by atoms with Gasteiger partial charge < -0.3 is 4.90 Å². The van der Waals surface area contributed by atoms with Gasteiger partial charge in [0.15, 0.2) is 0 Å². The molecule has 30 heavy (non-hydrogen) atoms. The second-order valence-electron chi connectivity index (χ2n) is 6.87. The summed E-state index contributed by atoms with van der Waals surface area (Å²) in [5.74, 6) is 1.02. The third-order valence-corrected chi connectivity index (χ3v) is 5.09. The summed E-state index contributed by atoms with van der Waals surface area (Å²) in [6, 6.07) is 23.0. The minimum absolute atomic E-state index is 0.00313. The Labute approximate surface area is 171 Å². The van der Waals surface area contributed by atoms with Crippen molar-refractivity contribution in [3.63, 3.8) is 0 Å². The molecule has 0 aliphatic heterocycles. The van der Waals surface area contributed by atoms with E-state index < -0.39 is 4.92 Å². The molecular formula is C22H16N6O2. The zero-order valence-electron chi connectivity index (χ0n) is 16.0. The van der Waals surface area contributed by atoms with Crippen LogP contribution < -0.4 is 4.90 Å². The summed E-state index contributed by atoms with van der Waals surface area (Å²) in [5, 5.41) is 20.0. The third kappa shape index (κ3) is 2.91. The van der Waals surface area contributed by atoms with Crippen LogP contribution in [0, 0.1) is 10.1 Å². The molecule has 0 unspecified atom stereocenters. The van der Waals surface area contributed by atoms with Gasteiger partial charge in [0, 0.05) is 30.3 Å². The number of rotatable bonds is 4. The largest absolute Gasteiger partial charge is 0.329 e. The summed E-state index contributed by atoms with van der Waals surface area (Å²) in [4.78, 5) is 17.5. The Kier molecular flexibility index (Phi) is 4.10. The lowest BCUT2D eigenvalue weighted by Crippen LogP contribution is -2.13. The van der Waals surface area contributed by atoms with E-state index in [4.69, 9.17) is 0 Å². The van der Waals surface area contributed by atoms with E-state index >= 15 is 0 Å². The Hall–Kier alpha value is -4.33. The topological polar surface area (TPSA) is 89.5 Å². The molecule has 146 valence electrons. The summed E-state index contributed by atoms with van der Waals surface area (Å²) in [6.45, 7) is 0. The molecule has 2 aromatic heterocycles. The van der Waals surface area contributed by atoms with Crippen molar-refractivity contribution in [1.82, 2.24) is 19.6 Å². The number of nitro groups is 1. The molecule has 8 nitrogen and oxygen atoms in total. The molecule has 8 heteroatoms. The van der Waals surface area contributed by atoms with E-state index in [1.165, 1.54) is 18.5 Å². The predicted molar refractivity (Wildman–Crippen MR) is 115 cm³/mol. The van der Waals surface area contributed by atoms with Crippen molar-refractivity contribution in [2.45, 2.75) is 0 Å². The highest BCUT2D eigenvalue weighted by atomic mass is 16.6. The van der Waals surface area contributed by atoms with Crippen LogP contribution in [0.1, 0.15) is 0 Å². The quantitative estimate of drug-likeness (QED) is 0.325. The van der Waals surface area contributed by atoms with E-state index in [0.717, 1.165) is 22.2 Å². The first-order valence-corrected chi connectivity index (χ1v) is 9.29. The van der Waals surface area contributed by atoms with E-state index in [0.29, 0.717) is 17.1 Å². The Morgan fingerprint density at radius 1 is 0.967 bits per heavy atom. The summed E-state index contributed by atoms with van der Waals surface area (Å²) < 4.78 is 1.65. The van der Waals surface area contributed by atoms with Crippen LogP contribution in [-0.2, 0) is 0 Å². The maximum atomic E-state index is 11.3. The zero-order chi connectivity index (χ0) is 20.7. The summed E-state index contributed by atoms with van der Waals surface area (Å²) in [7, 11) is 1.92. The van der Waals surface area contributed by atoms with E-state index in [9.17, 15) is 10.1 Å². The number of hydrogen-bond acceptors (Lipinski definition) is 6. The Morgan fingerprint density at radius 3 is 2.57 bits per heavy atom. The molecule has 0 N–H and O–H groups in total. The lowest BCUT2D eigenvalue weighted by atomic mass is 10.0. The number of hydrogen-bond donors (Lipinski definition) is 0. The van der Waals surface area contributed by atoms with Crippen molar-refractivity contribution in [2.24, 2.45) is 0 Å². The molecule has 0 amide bonds. The zero-order valence-corrected chi connectivity index (χ0v) is 16.0. The maximum absolute atomic E-state index is 11.3. The molecule has 2 heterocycles. The number of nitro benzene ring substituents is 1. The fraction of sp³-hybridized carbons (Fsp3) is 0.0455. The number of fused-ring (bicyclic) bond motifs is 3. The highest BCUT2D eigenvalue weighted by Crippen LogP contribution is 2.33. The Balaban J connectivity index is 1.68. The smallest absolute Gasteiger partial charge is 0.271 e. The van der Waals surface area contributed by atoms with Gasteiger partial charge in [0.1, 0.15) is 12.1 Å². The van der Waals surface area contributed by atoms with Crippen molar-refractivity contribution in [2.75, 3.05) is 11.9 Å². The molecule has 0 fully saturated rings. The molecule has 0 saturated carbocycles. The number of anilines is 2. The normalized spacial score (nSPS) is 11.1. The average Bonchev–Trinajstić information content (AvgIpc) is 3.27. The SMILES string of the molecule is CN(c1cccc(-c2ccccc2)c1)c1nc2nncn2c2cc([N+](=O)[O-])ccc12. The van der Waals surface area contributed by atoms with Crippen LogP contribution in [0.25, 0.3) is 27.8 Å². The van der Waals surface area contributed by atoms with Gasteiger partial charge in [-0.2, -0.15) is 4.98 Å². The summed E-state index contributed by atoms with van der Waals surface area (Å²) in [5.41, 5.74) is 3.77. The second-order valence-corrected chi connectivity index (χ2v) is 6.87. The van der Waals surface area contributed by atoms with Crippen molar-refractivity contribution >= 4 is 33.9 Å². The molecule has 0 bridgehead atoms. The van der Waals surface area contributed by atoms with Crippen LogP contribution in [0.3, 0.4) is 0 Å². The van der Waals surface area contributed by atoms with Gasteiger partial charge >= 0.3 is 0 Å². The first-order valence-electron chi connectivity index (χ1n) is 9.29.